The third kappa shape index (κ3) is 2.13. The van der Waals surface area contributed by atoms with Gasteiger partial charge in [-0.25, -0.2) is 4.39 Å². The lowest BCUT2D eigenvalue weighted by molar-refractivity contribution is 0.189. The smallest absolute Gasteiger partial charge is 0.131 e. The first-order valence-corrected chi connectivity index (χ1v) is 3.91. The van der Waals surface area contributed by atoms with Crippen molar-refractivity contribution in [3.63, 3.8) is 0 Å². The maximum Gasteiger partial charge on any atom is 0.131 e. The van der Waals surface area contributed by atoms with E-state index >= 15 is 0 Å². The van der Waals surface area contributed by atoms with Crippen LogP contribution in [0.5, 0.6) is 0 Å². The molecule has 1 heteroatoms. The van der Waals surface area contributed by atoms with Crippen molar-refractivity contribution in [2.75, 3.05) is 0 Å². The van der Waals surface area contributed by atoms with Crippen LogP contribution in [-0.4, -0.2) is 5.67 Å². The lowest BCUT2D eigenvalue weighted by Gasteiger charge is -2.23. The Hall–Kier alpha value is -0.330. The molecule has 0 heterocycles. The maximum absolute atomic E-state index is 13.5. The Morgan fingerprint density at radius 1 is 1.50 bits per heavy atom. The van der Waals surface area contributed by atoms with Crippen molar-refractivity contribution < 1.29 is 4.39 Å². The summed E-state index contributed by atoms with van der Waals surface area (Å²) in [6.07, 6.45) is 2.05. The van der Waals surface area contributed by atoms with Crippen molar-refractivity contribution in [3.05, 3.63) is 12.2 Å². The van der Waals surface area contributed by atoms with Crippen LogP contribution in [0.2, 0.25) is 0 Å². The van der Waals surface area contributed by atoms with Crippen molar-refractivity contribution in [2.45, 2.75) is 45.7 Å². The van der Waals surface area contributed by atoms with Gasteiger partial charge in [-0.3, -0.25) is 0 Å². The Bertz CT molecular complexity index is 118. The van der Waals surface area contributed by atoms with E-state index in [-0.39, 0.29) is 0 Å². The predicted molar refractivity (Wildman–Crippen MR) is 43.9 cm³/mol. The van der Waals surface area contributed by atoms with Crippen LogP contribution in [0.4, 0.5) is 4.39 Å². The molecule has 0 fully saturated rings. The first-order chi connectivity index (χ1) is 4.56. The second-order valence-corrected chi connectivity index (χ2v) is 2.85. The summed E-state index contributed by atoms with van der Waals surface area (Å²) in [5.41, 5.74) is -0.439. The van der Waals surface area contributed by atoms with Crippen LogP contribution < -0.4 is 0 Å². The van der Waals surface area contributed by atoms with Gasteiger partial charge in [0.15, 0.2) is 0 Å². The van der Waals surface area contributed by atoms with Gasteiger partial charge >= 0.3 is 0 Å². The second kappa shape index (κ2) is 3.75. The largest absolute Gasteiger partial charge is 0.239 e. The van der Waals surface area contributed by atoms with Crippen molar-refractivity contribution in [3.8, 4) is 0 Å². The molecule has 0 radical (unpaired) electrons. The molecule has 0 saturated carbocycles. The zero-order chi connectivity index (χ0) is 8.20. The first kappa shape index (κ1) is 9.67. The van der Waals surface area contributed by atoms with Gasteiger partial charge in [-0.1, -0.05) is 26.8 Å². The van der Waals surface area contributed by atoms with Gasteiger partial charge in [-0.15, -0.1) is 0 Å². The number of allylic oxidation sites excluding steroid dienone is 1. The third-order valence-electron chi connectivity index (χ3n) is 1.97. The summed E-state index contributed by atoms with van der Waals surface area (Å²) in [5, 5.41) is 0. The van der Waals surface area contributed by atoms with E-state index in [9.17, 15) is 4.39 Å². The summed E-state index contributed by atoms with van der Waals surface area (Å²) in [4.78, 5) is 0. The Balaban J connectivity index is 4.08. The monoisotopic (exact) mass is 144 g/mol. The van der Waals surface area contributed by atoms with Crippen LogP contribution in [0.1, 0.15) is 40.0 Å². The molecular weight excluding hydrogens is 127 g/mol. The number of rotatable bonds is 4. The van der Waals surface area contributed by atoms with E-state index in [4.69, 9.17) is 0 Å². The molecule has 0 saturated heterocycles. The second-order valence-electron chi connectivity index (χ2n) is 2.85. The Morgan fingerprint density at radius 3 is 2.10 bits per heavy atom. The predicted octanol–water partition coefficient (Wildman–Crippen LogP) is 3.48. The van der Waals surface area contributed by atoms with Gasteiger partial charge < -0.3 is 0 Å². The number of hydrogen-bond acceptors (Lipinski definition) is 0. The van der Waals surface area contributed by atoms with E-state index in [0.29, 0.717) is 18.4 Å². The highest BCUT2D eigenvalue weighted by Crippen LogP contribution is 2.29. The highest BCUT2D eigenvalue weighted by atomic mass is 19.1. The molecule has 0 N–H and O–H groups in total. The molecule has 0 rings (SSSR count). The molecular formula is C9H17F. The standard InChI is InChI=1S/C9H17F/c1-5-7-9(10,6-2)8(3)4/h3,5-7H2,1-2,4H3. The molecule has 0 aromatic rings. The normalized spacial score (nSPS) is 16.4. The van der Waals surface area contributed by atoms with Crippen molar-refractivity contribution in [1.29, 1.82) is 0 Å². The highest BCUT2D eigenvalue weighted by Gasteiger charge is 2.26. The molecule has 60 valence electrons. The molecule has 0 aliphatic rings. The zero-order valence-electron chi connectivity index (χ0n) is 7.21. The van der Waals surface area contributed by atoms with Crippen LogP contribution in [0.3, 0.4) is 0 Å². The van der Waals surface area contributed by atoms with E-state index in [1.54, 1.807) is 6.92 Å². The van der Waals surface area contributed by atoms with Crippen LogP contribution in [-0.2, 0) is 0 Å². The molecule has 0 spiro atoms. The van der Waals surface area contributed by atoms with Gasteiger partial charge in [-0.2, -0.15) is 0 Å². The fourth-order valence-corrected chi connectivity index (χ4v) is 1.09. The molecule has 10 heavy (non-hydrogen) atoms. The van der Waals surface area contributed by atoms with Crippen LogP contribution in [0.25, 0.3) is 0 Å². The summed E-state index contributed by atoms with van der Waals surface area (Å²) in [6, 6.07) is 0. The minimum Gasteiger partial charge on any atom is -0.239 e. The molecule has 0 aliphatic carbocycles. The van der Waals surface area contributed by atoms with Gasteiger partial charge in [0.05, 0.1) is 0 Å². The summed E-state index contributed by atoms with van der Waals surface area (Å²) >= 11 is 0. The fourth-order valence-electron chi connectivity index (χ4n) is 1.09. The minimum absolute atomic E-state index is 0.552. The van der Waals surface area contributed by atoms with Crippen molar-refractivity contribution in [2.24, 2.45) is 0 Å². The van der Waals surface area contributed by atoms with Gasteiger partial charge in [0.1, 0.15) is 5.67 Å². The first-order valence-electron chi connectivity index (χ1n) is 3.91. The van der Waals surface area contributed by atoms with Crippen molar-refractivity contribution >= 4 is 0 Å². The van der Waals surface area contributed by atoms with Crippen LogP contribution in [0, 0.1) is 0 Å². The zero-order valence-corrected chi connectivity index (χ0v) is 7.21. The summed E-state index contributed by atoms with van der Waals surface area (Å²) in [5.74, 6) is 0. The summed E-state index contributed by atoms with van der Waals surface area (Å²) in [7, 11) is 0. The maximum atomic E-state index is 13.5. The molecule has 0 bridgehead atoms. The topological polar surface area (TPSA) is 0 Å². The highest BCUT2D eigenvalue weighted by molar-refractivity contribution is 5.08. The van der Waals surface area contributed by atoms with E-state index in [2.05, 4.69) is 6.58 Å². The molecule has 1 atom stereocenters. The van der Waals surface area contributed by atoms with Gasteiger partial charge in [0, 0.05) is 0 Å². The molecule has 0 nitrogen and oxygen atoms in total. The van der Waals surface area contributed by atoms with Crippen molar-refractivity contribution in [1.82, 2.24) is 0 Å². The molecule has 1 unspecified atom stereocenters. The van der Waals surface area contributed by atoms with Gasteiger partial charge in [-0.05, 0) is 25.3 Å². The van der Waals surface area contributed by atoms with E-state index in [0.717, 1.165) is 6.42 Å². The quantitative estimate of drug-likeness (QED) is 0.530. The third-order valence-corrected chi connectivity index (χ3v) is 1.97. The van der Waals surface area contributed by atoms with Crippen LogP contribution >= 0.6 is 0 Å². The number of hydrogen-bond donors (Lipinski definition) is 0. The Kier molecular flexibility index (Phi) is 3.62. The lowest BCUT2D eigenvalue weighted by atomic mass is 9.90. The van der Waals surface area contributed by atoms with E-state index < -0.39 is 5.67 Å². The lowest BCUT2D eigenvalue weighted by Crippen LogP contribution is -2.22. The molecule has 0 aliphatic heterocycles. The van der Waals surface area contributed by atoms with E-state index in [1.165, 1.54) is 0 Å². The van der Waals surface area contributed by atoms with E-state index in [1.807, 2.05) is 13.8 Å². The summed E-state index contributed by atoms with van der Waals surface area (Å²) in [6.45, 7) is 9.26. The molecule has 0 aromatic carbocycles. The average molecular weight is 144 g/mol. The van der Waals surface area contributed by atoms with Gasteiger partial charge in [0.2, 0.25) is 0 Å². The SMILES string of the molecule is C=C(C)C(F)(CC)CCC. The molecule has 0 aromatic heterocycles. The number of halogens is 1. The number of alkyl halides is 1. The molecule has 0 amide bonds. The average Bonchev–Trinajstić information content (AvgIpc) is 1.88. The fraction of sp³-hybridized carbons (Fsp3) is 0.778. The van der Waals surface area contributed by atoms with Crippen LogP contribution in [0.15, 0.2) is 12.2 Å². The van der Waals surface area contributed by atoms with Gasteiger partial charge in [0.25, 0.3) is 0 Å². The minimum atomic E-state index is -1.10. The Morgan fingerprint density at radius 2 is 2.00 bits per heavy atom. The Labute approximate surface area is 63.1 Å². The summed E-state index contributed by atoms with van der Waals surface area (Å²) < 4.78 is 13.5.